The Morgan fingerprint density at radius 3 is 2.55 bits per heavy atom. The highest BCUT2D eigenvalue weighted by Crippen LogP contribution is 2.25. The molecule has 0 spiro atoms. The Kier molecular flexibility index (Phi) is 5.83. The first kappa shape index (κ1) is 16.8. The van der Waals surface area contributed by atoms with Crippen LogP contribution >= 0.6 is 23.2 Å². The lowest BCUT2D eigenvalue weighted by Gasteiger charge is -2.24. The summed E-state index contributed by atoms with van der Waals surface area (Å²) < 4.78 is 0. The highest BCUT2D eigenvalue weighted by atomic mass is 35.5. The summed E-state index contributed by atoms with van der Waals surface area (Å²) in [5, 5.41) is 3.82. The zero-order chi connectivity index (χ0) is 16.1. The van der Waals surface area contributed by atoms with Gasteiger partial charge in [-0.15, -0.1) is 0 Å². The number of amides is 1. The van der Waals surface area contributed by atoms with Crippen LogP contribution in [0, 0.1) is 0 Å². The van der Waals surface area contributed by atoms with E-state index in [0.29, 0.717) is 22.3 Å². The number of benzene rings is 2. The van der Waals surface area contributed by atoms with Crippen molar-refractivity contribution in [1.29, 1.82) is 0 Å². The Morgan fingerprint density at radius 2 is 1.86 bits per heavy atom. The van der Waals surface area contributed by atoms with Gasteiger partial charge >= 0.3 is 0 Å². The molecule has 0 aromatic heterocycles. The number of carbonyl (C=O) groups is 1. The van der Waals surface area contributed by atoms with E-state index in [9.17, 15) is 4.79 Å². The summed E-state index contributed by atoms with van der Waals surface area (Å²) in [7, 11) is 1.91. The van der Waals surface area contributed by atoms with Gasteiger partial charge in [0.2, 0.25) is 5.91 Å². The van der Waals surface area contributed by atoms with Crippen LogP contribution in [-0.2, 0) is 11.3 Å². The number of halogens is 2. The van der Waals surface area contributed by atoms with E-state index >= 15 is 0 Å². The summed E-state index contributed by atoms with van der Waals surface area (Å²) in [5.41, 5.74) is 1.68. The molecule has 0 radical (unpaired) electrons. The van der Waals surface area contributed by atoms with Crippen LogP contribution in [-0.4, -0.2) is 23.9 Å². The predicted octanol–water partition coefficient (Wildman–Crippen LogP) is 4.45. The number of likely N-dealkylation sites (N-methyl/N-ethyl adjacent to an activating group) is 1. The SMILES string of the molecule is CC(C(=O)Nc1cc(Cl)ccc1Cl)N(C)Cc1ccccc1. The smallest absolute Gasteiger partial charge is 0.241 e. The zero-order valence-corrected chi connectivity index (χ0v) is 14.0. The molecule has 0 aliphatic carbocycles. The van der Waals surface area contributed by atoms with Gasteiger partial charge < -0.3 is 5.32 Å². The fraction of sp³-hybridized carbons (Fsp3) is 0.235. The maximum Gasteiger partial charge on any atom is 0.241 e. The molecular weight excluding hydrogens is 319 g/mol. The first-order valence-electron chi connectivity index (χ1n) is 6.97. The number of nitrogens with zero attached hydrogens (tertiary/aromatic N) is 1. The molecule has 1 amide bonds. The third-order valence-electron chi connectivity index (χ3n) is 3.50. The van der Waals surface area contributed by atoms with E-state index in [4.69, 9.17) is 23.2 Å². The Labute approximate surface area is 140 Å². The molecule has 116 valence electrons. The first-order valence-corrected chi connectivity index (χ1v) is 7.73. The summed E-state index contributed by atoms with van der Waals surface area (Å²) in [6, 6.07) is 14.7. The molecule has 1 N–H and O–H groups in total. The summed E-state index contributed by atoms with van der Waals surface area (Å²) in [6.45, 7) is 2.55. The van der Waals surface area contributed by atoms with Gasteiger partial charge in [0.05, 0.1) is 16.8 Å². The predicted molar refractivity (Wildman–Crippen MR) is 92.5 cm³/mol. The zero-order valence-electron chi connectivity index (χ0n) is 12.5. The van der Waals surface area contributed by atoms with Gasteiger partial charge in [-0.05, 0) is 37.7 Å². The Morgan fingerprint density at radius 1 is 1.18 bits per heavy atom. The molecule has 0 bridgehead atoms. The van der Waals surface area contributed by atoms with Gasteiger partial charge in [0.15, 0.2) is 0 Å². The van der Waals surface area contributed by atoms with Crippen molar-refractivity contribution < 1.29 is 4.79 Å². The van der Waals surface area contributed by atoms with Crippen LogP contribution in [0.5, 0.6) is 0 Å². The maximum absolute atomic E-state index is 12.4. The van der Waals surface area contributed by atoms with Crippen molar-refractivity contribution in [3.8, 4) is 0 Å². The second kappa shape index (κ2) is 7.63. The number of nitrogens with one attached hydrogen (secondary N) is 1. The van der Waals surface area contributed by atoms with Crippen LogP contribution in [0.25, 0.3) is 0 Å². The molecule has 0 heterocycles. The lowest BCUT2D eigenvalue weighted by Crippen LogP contribution is -2.39. The quantitative estimate of drug-likeness (QED) is 0.874. The summed E-state index contributed by atoms with van der Waals surface area (Å²) >= 11 is 12.0. The topological polar surface area (TPSA) is 32.3 Å². The van der Waals surface area contributed by atoms with Crippen LogP contribution < -0.4 is 5.32 Å². The highest BCUT2D eigenvalue weighted by molar-refractivity contribution is 6.35. The van der Waals surface area contributed by atoms with Crippen molar-refractivity contribution in [1.82, 2.24) is 4.90 Å². The van der Waals surface area contributed by atoms with Crippen molar-refractivity contribution in [3.63, 3.8) is 0 Å². The number of hydrogen-bond acceptors (Lipinski definition) is 2. The Balaban J connectivity index is 2.01. The van der Waals surface area contributed by atoms with Crippen LogP contribution in [0.15, 0.2) is 48.5 Å². The molecule has 3 nitrogen and oxygen atoms in total. The standard InChI is InChI=1S/C17H18Cl2N2O/c1-12(21(2)11-13-6-4-3-5-7-13)17(22)20-16-10-14(18)8-9-15(16)19/h3-10,12H,11H2,1-2H3,(H,20,22). The van der Waals surface area contributed by atoms with Crippen LogP contribution in [0.3, 0.4) is 0 Å². The molecule has 2 rings (SSSR count). The minimum Gasteiger partial charge on any atom is -0.323 e. The second-order valence-electron chi connectivity index (χ2n) is 5.19. The number of hydrogen-bond donors (Lipinski definition) is 1. The molecule has 0 fully saturated rings. The first-order chi connectivity index (χ1) is 10.5. The van der Waals surface area contributed by atoms with Crippen molar-refractivity contribution in [2.24, 2.45) is 0 Å². The summed E-state index contributed by atoms with van der Waals surface area (Å²) in [4.78, 5) is 14.3. The molecule has 0 saturated heterocycles. The van der Waals surface area contributed by atoms with E-state index in [2.05, 4.69) is 5.32 Å². The van der Waals surface area contributed by atoms with E-state index in [1.165, 1.54) is 0 Å². The molecule has 1 atom stereocenters. The van der Waals surface area contributed by atoms with E-state index in [1.54, 1.807) is 18.2 Å². The van der Waals surface area contributed by atoms with Crippen LogP contribution in [0.1, 0.15) is 12.5 Å². The minimum absolute atomic E-state index is 0.123. The maximum atomic E-state index is 12.4. The number of rotatable bonds is 5. The lowest BCUT2D eigenvalue weighted by molar-refractivity contribution is -0.120. The van der Waals surface area contributed by atoms with Crippen LogP contribution in [0.2, 0.25) is 10.0 Å². The van der Waals surface area contributed by atoms with E-state index in [0.717, 1.165) is 5.56 Å². The fourth-order valence-electron chi connectivity index (χ4n) is 2.04. The second-order valence-corrected chi connectivity index (χ2v) is 6.03. The monoisotopic (exact) mass is 336 g/mol. The van der Waals surface area contributed by atoms with Crippen molar-refractivity contribution in [3.05, 3.63) is 64.1 Å². The third kappa shape index (κ3) is 4.47. The molecule has 0 aliphatic rings. The van der Waals surface area contributed by atoms with E-state index < -0.39 is 0 Å². The summed E-state index contributed by atoms with van der Waals surface area (Å²) in [6.07, 6.45) is 0. The molecule has 2 aromatic rings. The molecular formula is C17H18Cl2N2O. The molecule has 0 aliphatic heterocycles. The van der Waals surface area contributed by atoms with E-state index in [1.807, 2.05) is 49.2 Å². The minimum atomic E-state index is -0.296. The van der Waals surface area contributed by atoms with E-state index in [-0.39, 0.29) is 11.9 Å². The number of carbonyl (C=O) groups excluding carboxylic acids is 1. The van der Waals surface area contributed by atoms with Gasteiger partial charge in [-0.1, -0.05) is 53.5 Å². The third-order valence-corrected chi connectivity index (χ3v) is 4.07. The van der Waals surface area contributed by atoms with Gasteiger partial charge in [-0.2, -0.15) is 0 Å². The average molecular weight is 337 g/mol. The average Bonchev–Trinajstić information content (AvgIpc) is 2.51. The number of anilines is 1. The van der Waals surface area contributed by atoms with Gasteiger partial charge in [-0.3, -0.25) is 9.69 Å². The van der Waals surface area contributed by atoms with Crippen LogP contribution in [0.4, 0.5) is 5.69 Å². The van der Waals surface area contributed by atoms with Gasteiger partial charge in [0.1, 0.15) is 0 Å². The fourth-order valence-corrected chi connectivity index (χ4v) is 2.38. The highest BCUT2D eigenvalue weighted by Gasteiger charge is 2.19. The summed E-state index contributed by atoms with van der Waals surface area (Å²) in [5.74, 6) is -0.123. The molecule has 22 heavy (non-hydrogen) atoms. The molecule has 5 heteroatoms. The normalized spacial score (nSPS) is 12.2. The van der Waals surface area contributed by atoms with Crippen molar-refractivity contribution in [2.45, 2.75) is 19.5 Å². The largest absolute Gasteiger partial charge is 0.323 e. The molecule has 2 aromatic carbocycles. The Hall–Kier alpha value is -1.55. The van der Waals surface area contributed by atoms with Crippen molar-refractivity contribution in [2.75, 3.05) is 12.4 Å². The van der Waals surface area contributed by atoms with Gasteiger partial charge in [0.25, 0.3) is 0 Å². The van der Waals surface area contributed by atoms with Gasteiger partial charge in [0, 0.05) is 11.6 Å². The van der Waals surface area contributed by atoms with Crippen molar-refractivity contribution >= 4 is 34.8 Å². The Bertz CT molecular complexity index is 646. The molecule has 1 unspecified atom stereocenters. The lowest BCUT2D eigenvalue weighted by atomic mass is 10.2. The molecule has 0 saturated carbocycles. The van der Waals surface area contributed by atoms with Gasteiger partial charge in [-0.25, -0.2) is 0 Å².